The summed E-state index contributed by atoms with van der Waals surface area (Å²) in [6.07, 6.45) is 2.50. The predicted molar refractivity (Wildman–Crippen MR) is 117 cm³/mol. The van der Waals surface area contributed by atoms with Crippen molar-refractivity contribution in [3.63, 3.8) is 0 Å². The molecule has 6 nitrogen and oxygen atoms in total. The average molecular weight is 436 g/mol. The Kier molecular flexibility index (Phi) is 3.93. The number of para-hydroxylation sites is 1. The van der Waals surface area contributed by atoms with Crippen molar-refractivity contribution < 1.29 is 14.4 Å². The van der Waals surface area contributed by atoms with E-state index in [2.05, 4.69) is 17.1 Å². The van der Waals surface area contributed by atoms with E-state index in [1.807, 2.05) is 18.2 Å². The van der Waals surface area contributed by atoms with Gasteiger partial charge in [0.05, 0.1) is 17.5 Å². The molecule has 31 heavy (non-hydrogen) atoms. The third kappa shape index (κ3) is 2.19. The van der Waals surface area contributed by atoms with Crippen LogP contribution in [0.2, 0.25) is 5.02 Å². The zero-order valence-electron chi connectivity index (χ0n) is 17.1. The molecule has 3 amide bonds. The summed E-state index contributed by atoms with van der Waals surface area (Å²) in [5, 5.41) is 3.63. The van der Waals surface area contributed by atoms with Gasteiger partial charge in [-0.05, 0) is 55.6 Å². The standard InChI is InChI=1S/C24H22ClN3O3/c1-2-13-5-3-6-16-20(13)26-23(31)24(16)19-18(17-7-4-12-27(17)24)21(29)28(22(19)30)15-10-8-14(25)9-11-15/h3,5-6,8-11,17-19H,2,4,7,12H2,1H3,(H,26,31)/t17-,18+,19-,24+/m0/s1. The van der Waals surface area contributed by atoms with Crippen LogP contribution in [-0.2, 0) is 26.3 Å². The van der Waals surface area contributed by atoms with Crippen LogP contribution >= 0.6 is 11.6 Å². The van der Waals surface area contributed by atoms with Gasteiger partial charge in [0, 0.05) is 22.3 Å². The molecule has 158 valence electrons. The van der Waals surface area contributed by atoms with Crippen LogP contribution in [0.5, 0.6) is 0 Å². The highest BCUT2D eigenvalue weighted by Gasteiger charge is 2.74. The van der Waals surface area contributed by atoms with Gasteiger partial charge in [0.15, 0.2) is 0 Å². The van der Waals surface area contributed by atoms with E-state index in [1.165, 1.54) is 4.90 Å². The molecule has 2 aromatic carbocycles. The number of rotatable bonds is 2. The molecule has 0 aromatic heterocycles. The number of carbonyl (C=O) groups is 3. The highest BCUT2D eigenvalue weighted by Crippen LogP contribution is 2.61. The van der Waals surface area contributed by atoms with E-state index in [4.69, 9.17) is 11.6 Å². The first-order chi connectivity index (χ1) is 15.0. The number of carbonyl (C=O) groups excluding carboxylic acids is 3. The van der Waals surface area contributed by atoms with Crippen molar-refractivity contribution in [2.75, 3.05) is 16.8 Å². The van der Waals surface area contributed by atoms with Crippen LogP contribution < -0.4 is 10.2 Å². The molecule has 3 saturated heterocycles. The molecule has 7 heteroatoms. The van der Waals surface area contributed by atoms with Gasteiger partial charge in [0.1, 0.15) is 5.54 Å². The molecule has 3 fully saturated rings. The predicted octanol–water partition coefficient (Wildman–Crippen LogP) is 3.33. The van der Waals surface area contributed by atoms with Crippen molar-refractivity contribution >= 4 is 40.7 Å². The van der Waals surface area contributed by atoms with Crippen molar-refractivity contribution in [3.8, 4) is 0 Å². The summed E-state index contributed by atoms with van der Waals surface area (Å²) in [4.78, 5) is 44.6. The summed E-state index contributed by atoms with van der Waals surface area (Å²) in [5.74, 6) is -1.93. The molecule has 4 heterocycles. The molecule has 1 N–H and O–H groups in total. The molecule has 0 aliphatic carbocycles. The Morgan fingerprint density at radius 1 is 1.10 bits per heavy atom. The minimum atomic E-state index is -1.12. The molecule has 0 bridgehead atoms. The van der Waals surface area contributed by atoms with Gasteiger partial charge in [0.25, 0.3) is 0 Å². The molecule has 1 spiro atoms. The van der Waals surface area contributed by atoms with Crippen LogP contribution in [-0.4, -0.2) is 35.2 Å². The van der Waals surface area contributed by atoms with Gasteiger partial charge in [-0.3, -0.25) is 19.3 Å². The van der Waals surface area contributed by atoms with Gasteiger partial charge in [-0.25, -0.2) is 4.90 Å². The molecule has 2 aromatic rings. The molecule has 4 atom stereocenters. The summed E-state index contributed by atoms with van der Waals surface area (Å²) >= 11 is 6.01. The Balaban J connectivity index is 1.56. The topological polar surface area (TPSA) is 69.7 Å². The van der Waals surface area contributed by atoms with Crippen LogP contribution in [0.15, 0.2) is 42.5 Å². The van der Waals surface area contributed by atoms with Crippen molar-refractivity contribution in [3.05, 3.63) is 58.6 Å². The van der Waals surface area contributed by atoms with Crippen LogP contribution in [0.1, 0.15) is 30.9 Å². The van der Waals surface area contributed by atoms with Gasteiger partial charge >= 0.3 is 0 Å². The molecule has 4 aliphatic heterocycles. The monoisotopic (exact) mass is 435 g/mol. The Labute approximate surface area is 185 Å². The van der Waals surface area contributed by atoms with Gasteiger partial charge in [-0.15, -0.1) is 0 Å². The van der Waals surface area contributed by atoms with Crippen LogP contribution in [0.3, 0.4) is 0 Å². The molecule has 6 rings (SSSR count). The van der Waals surface area contributed by atoms with Crippen LogP contribution in [0.4, 0.5) is 11.4 Å². The maximum atomic E-state index is 13.9. The van der Waals surface area contributed by atoms with Gasteiger partial charge in [-0.2, -0.15) is 0 Å². The number of fused-ring (bicyclic) bond motifs is 7. The highest BCUT2D eigenvalue weighted by atomic mass is 35.5. The third-order valence-electron chi connectivity index (χ3n) is 7.58. The van der Waals surface area contributed by atoms with Crippen molar-refractivity contribution in [2.24, 2.45) is 11.8 Å². The Morgan fingerprint density at radius 2 is 1.87 bits per heavy atom. The number of amides is 3. The number of aryl methyl sites for hydroxylation is 1. The fourth-order valence-electron chi connectivity index (χ4n) is 6.43. The average Bonchev–Trinajstić information content (AvgIpc) is 3.47. The van der Waals surface area contributed by atoms with E-state index in [-0.39, 0.29) is 23.8 Å². The Hall–Kier alpha value is -2.70. The van der Waals surface area contributed by atoms with E-state index in [1.54, 1.807) is 24.3 Å². The molecular formula is C24H22ClN3O3. The first-order valence-electron chi connectivity index (χ1n) is 10.8. The summed E-state index contributed by atoms with van der Waals surface area (Å²) in [6, 6.07) is 12.5. The lowest BCUT2D eigenvalue weighted by Gasteiger charge is -2.36. The third-order valence-corrected chi connectivity index (χ3v) is 7.83. The number of anilines is 2. The summed E-state index contributed by atoms with van der Waals surface area (Å²) in [7, 11) is 0. The minimum absolute atomic E-state index is 0.110. The minimum Gasteiger partial charge on any atom is -0.324 e. The lowest BCUT2D eigenvalue weighted by atomic mass is 9.75. The SMILES string of the molecule is CCc1cccc2c1NC(=O)[C@]21[C@@H]2C(=O)N(c3ccc(Cl)cc3)C(=O)[C@@H]2[C@@H]2CCCN21. The van der Waals surface area contributed by atoms with Crippen molar-refractivity contribution in [1.82, 2.24) is 4.90 Å². The van der Waals surface area contributed by atoms with Crippen LogP contribution in [0, 0.1) is 11.8 Å². The van der Waals surface area contributed by atoms with Gasteiger partial charge in [0.2, 0.25) is 17.7 Å². The van der Waals surface area contributed by atoms with E-state index in [9.17, 15) is 14.4 Å². The second-order valence-electron chi connectivity index (χ2n) is 8.81. The van der Waals surface area contributed by atoms with Crippen molar-refractivity contribution in [2.45, 2.75) is 37.8 Å². The van der Waals surface area contributed by atoms with Gasteiger partial charge < -0.3 is 5.32 Å². The smallest absolute Gasteiger partial charge is 0.250 e. The first-order valence-corrected chi connectivity index (χ1v) is 11.2. The zero-order valence-corrected chi connectivity index (χ0v) is 17.9. The molecule has 4 aliphatic rings. The van der Waals surface area contributed by atoms with E-state index in [0.717, 1.165) is 36.1 Å². The second-order valence-corrected chi connectivity index (χ2v) is 9.24. The number of hydrogen-bond donors (Lipinski definition) is 1. The molecule has 0 radical (unpaired) electrons. The first kappa shape index (κ1) is 19.0. The van der Waals surface area contributed by atoms with E-state index < -0.39 is 17.4 Å². The lowest BCUT2D eigenvalue weighted by Crippen LogP contribution is -2.54. The molecular weight excluding hydrogens is 414 g/mol. The summed E-state index contributed by atoms with van der Waals surface area (Å²) in [6.45, 7) is 2.76. The Bertz CT molecular complexity index is 1150. The fraction of sp³-hybridized carbons (Fsp3) is 0.375. The van der Waals surface area contributed by atoms with Crippen molar-refractivity contribution in [1.29, 1.82) is 0 Å². The number of hydrogen-bond acceptors (Lipinski definition) is 4. The number of benzene rings is 2. The lowest BCUT2D eigenvalue weighted by molar-refractivity contribution is -0.135. The number of imide groups is 1. The molecule has 0 unspecified atom stereocenters. The van der Waals surface area contributed by atoms with Gasteiger partial charge in [-0.1, -0.05) is 36.7 Å². The number of halogens is 1. The number of nitrogens with zero attached hydrogens (tertiary/aromatic N) is 2. The highest BCUT2D eigenvalue weighted by molar-refractivity contribution is 6.31. The maximum Gasteiger partial charge on any atom is 0.250 e. The Morgan fingerprint density at radius 3 is 2.61 bits per heavy atom. The normalized spacial score (nSPS) is 31.4. The van der Waals surface area contributed by atoms with Crippen LogP contribution in [0.25, 0.3) is 0 Å². The van der Waals surface area contributed by atoms with E-state index in [0.29, 0.717) is 17.3 Å². The largest absolute Gasteiger partial charge is 0.324 e. The second kappa shape index (κ2) is 6.40. The summed E-state index contributed by atoms with van der Waals surface area (Å²) in [5.41, 5.74) is 2.09. The maximum absolute atomic E-state index is 13.9. The zero-order chi connectivity index (χ0) is 21.5. The van der Waals surface area contributed by atoms with E-state index >= 15 is 0 Å². The summed E-state index contributed by atoms with van der Waals surface area (Å²) < 4.78 is 0. The fourth-order valence-corrected chi connectivity index (χ4v) is 6.56. The molecule has 0 saturated carbocycles. The number of nitrogens with one attached hydrogen (secondary N) is 1. The quantitative estimate of drug-likeness (QED) is 0.734.